The van der Waals surface area contributed by atoms with Crippen molar-refractivity contribution in [3.8, 4) is 0 Å². The quantitative estimate of drug-likeness (QED) is 0.872. The fraction of sp³-hybridized carbons (Fsp3) is 0.650. The SMILES string of the molecule is O=C(CC(O)c1ccccc1)NC1CCCN(C2CCCCC2)C1. The van der Waals surface area contributed by atoms with E-state index in [4.69, 9.17) is 0 Å². The molecule has 0 radical (unpaired) electrons. The van der Waals surface area contributed by atoms with Crippen molar-refractivity contribution in [2.24, 2.45) is 0 Å². The third-order valence-corrected chi connectivity index (χ3v) is 5.47. The lowest BCUT2D eigenvalue weighted by atomic mass is 9.92. The average Bonchev–Trinajstić information content (AvgIpc) is 2.63. The summed E-state index contributed by atoms with van der Waals surface area (Å²) in [6, 6.07) is 10.4. The van der Waals surface area contributed by atoms with Crippen LogP contribution in [-0.4, -0.2) is 41.1 Å². The Kier molecular flexibility index (Phi) is 6.27. The molecule has 0 spiro atoms. The standard InChI is InChI=1S/C20H30N2O2/c23-19(16-8-3-1-4-9-16)14-20(24)21-17-10-7-13-22(15-17)18-11-5-2-6-12-18/h1,3-4,8-9,17-19,23H,2,5-7,10-15H2,(H,21,24). The summed E-state index contributed by atoms with van der Waals surface area (Å²) in [5.74, 6) is -0.0400. The van der Waals surface area contributed by atoms with Crippen LogP contribution < -0.4 is 5.32 Å². The van der Waals surface area contributed by atoms with Gasteiger partial charge in [-0.05, 0) is 37.8 Å². The fourth-order valence-corrected chi connectivity index (χ4v) is 4.16. The number of hydrogen-bond donors (Lipinski definition) is 2. The van der Waals surface area contributed by atoms with E-state index in [1.807, 2.05) is 30.3 Å². The number of benzene rings is 1. The van der Waals surface area contributed by atoms with Crippen LogP contribution in [0.2, 0.25) is 0 Å². The number of piperidine rings is 1. The summed E-state index contributed by atoms with van der Waals surface area (Å²) in [7, 11) is 0. The summed E-state index contributed by atoms with van der Waals surface area (Å²) >= 11 is 0. The lowest BCUT2D eigenvalue weighted by Gasteiger charge is -2.40. The first-order valence-corrected chi connectivity index (χ1v) is 9.49. The van der Waals surface area contributed by atoms with E-state index in [2.05, 4.69) is 10.2 Å². The molecule has 1 heterocycles. The van der Waals surface area contributed by atoms with Gasteiger partial charge in [-0.15, -0.1) is 0 Å². The topological polar surface area (TPSA) is 52.6 Å². The number of nitrogens with zero attached hydrogens (tertiary/aromatic N) is 1. The molecular weight excluding hydrogens is 300 g/mol. The molecule has 2 unspecified atom stereocenters. The van der Waals surface area contributed by atoms with Crippen molar-refractivity contribution in [3.05, 3.63) is 35.9 Å². The van der Waals surface area contributed by atoms with Crippen LogP contribution in [0.25, 0.3) is 0 Å². The van der Waals surface area contributed by atoms with Gasteiger partial charge in [-0.1, -0.05) is 49.6 Å². The highest BCUT2D eigenvalue weighted by Gasteiger charge is 2.28. The maximum absolute atomic E-state index is 12.3. The summed E-state index contributed by atoms with van der Waals surface area (Å²) in [4.78, 5) is 14.9. The molecule has 3 rings (SSSR count). The van der Waals surface area contributed by atoms with Crippen molar-refractivity contribution in [2.45, 2.75) is 69.6 Å². The van der Waals surface area contributed by atoms with Crippen molar-refractivity contribution in [2.75, 3.05) is 13.1 Å². The minimum atomic E-state index is -0.718. The zero-order valence-electron chi connectivity index (χ0n) is 14.5. The molecule has 1 aliphatic carbocycles. The Morgan fingerprint density at radius 3 is 2.62 bits per heavy atom. The van der Waals surface area contributed by atoms with Crippen LogP contribution in [0.1, 0.15) is 63.0 Å². The van der Waals surface area contributed by atoms with E-state index in [0.29, 0.717) is 6.04 Å². The van der Waals surface area contributed by atoms with Crippen LogP contribution in [0.15, 0.2) is 30.3 Å². The van der Waals surface area contributed by atoms with Crippen LogP contribution >= 0.6 is 0 Å². The smallest absolute Gasteiger partial charge is 0.223 e. The first kappa shape index (κ1) is 17.4. The van der Waals surface area contributed by atoms with Gasteiger partial charge in [-0.25, -0.2) is 0 Å². The van der Waals surface area contributed by atoms with Gasteiger partial charge in [0.05, 0.1) is 12.5 Å². The molecule has 1 aromatic carbocycles. The second-order valence-electron chi connectivity index (χ2n) is 7.32. The number of aliphatic hydroxyl groups excluding tert-OH is 1. The monoisotopic (exact) mass is 330 g/mol. The second-order valence-corrected chi connectivity index (χ2v) is 7.32. The minimum absolute atomic E-state index is 0.0400. The Labute approximate surface area is 145 Å². The van der Waals surface area contributed by atoms with Crippen molar-refractivity contribution < 1.29 is 9.90 Å². The molecule has 1 aromatic rings. The second kappa shape index (κ2) is 8.63. The Morgan fingerprint density at radius 1 is 1.12 bits per heavy atom. The molecule has 2 fully saturated rings. The van der Waals surface area contributed by atoms with Gasteiger partial charge >= 0.3 is 0 Å². The van der Waals surface area contributed by atoms with Gasteiger partial charge in [0.25, 0.3) is 0 Å². The molecule has 1 aliphatic heterocycles. The number of aliphatic hydroxyl groups is 1. The number of rotatable bonds is 5. The largest absolute Gasteiger partial charge is 0.388 e. The van der Waals surface area contributed by atoms with Crippen LogP contribution in [0.4, 0.5) is 0 Å². The van der Waals surface area contributed by atoms with Gasteiger partial charge in [0, 0.05) is 18.6 Å². The van der Waals surface area contributed by atoms with E-state index in [9.17, 15) is 9.90 Å². The molecule has 1 amide bonds. The normalized spacial score (nSPS) is 24.5. The highest BCUT2D eigenvalue weighted by Crippen LogP contribution is 2.25. The van der Waals surface area contributed by atoms with Crippen LogP contribution in [0, 0.1) is 0 Å². The zero-order chi connectivity index (χ0) is 16.8. The lowest BCUT2D eigenvalue weighted by Crippen LogP contribution is -2.51. The molecule has 0 bridgehead atoms. The predicted octanol–water partition coefficient (Wildman–Crippen LogP) is 3.02. The maximum Gasteiger partial charge on any atom is 0.223 e. The predicted molar refractivity (Wildman–Crippen MR) is 95.6 cm³/mol. The molecule has 4 nitrogen and oxygen atoms in total. The van der Waals surface area contributed by atoms with Gasteiger partial charge in [0.2, 0.25) is 5.91 Å². The first-order valence-electron chi connectivity index (χ1n) is 9.49. The van der Waals surface area contributed by atoms with Gasteiger partial charge in [0.15, 0.2) is 0 Å². The Hall–Kier alpha value is -1.39. The molecule has 2 N–H and O–H groups in total. The highest BCUT2D eigenvalue weighted by atomic mass is 16.3. The van der Waals surface area contributed by atoms with E-state index in [0.717, 1.165) is 24.9 Å². The Bertz CT molecular complexity index is 514. The third-order valence-electron chi connectivity index (χ3n) is 5.47. The van der Waals surface area contributed by atoms with Crippen molar-refractivity contribution in [3.63, 3.8) is 0 Å². The molecule has 2 atom stereocenters. The highest BCUT2D eigenvalue weighted by molar-refractivity contribution is 5.77. The van der Waals surface area contributed by atoms with E-state index in [1.165, 1.54) is 38.6 Å². The zero-order valence-corrected chi connectivity index (χ0v) is 14.5. The van der Waals surface area contributed by atoms with Gasteiger partial charge in [-0.2, -0.15) is 0 Å². The minimum Gasteiger partial charge on any atom is -0.388 e. The van der Waals surface area contributed by atoms with E-state index in [-0.39, 0.29) is 18.4 Å². The number of amides is 1. The lowest BCUT2D eigenvalue weighted by molar-refractivity contribution is -0.124. The molecular formula is C20H30N2O2. The molecule has 1 saturated heterocycles. The number of hydrogen-bond acceptors (Lipinski definition) is 3. The Morgan fingerprint density at radius 2 is 1.88 bits per heavy atom. The molecule has 1 saturated carbocycles. The van der Waals surface area contributed by atoms with E-state index < -0.39 is 6.10 Å². The summed E-state index contributed by atoms with van der Waals surface area (Å²) in [5, 5.41) is 13.4. The van der Waals surface area contributed by atoms with E-state index >= 15 is 0 Å². The number of likely N-dealkylation sites (tertiary alicyclic amines) is 1. The van der Waals surface area contributed by atoms with Gasteiger partial charge < -0.3 is 10.4 Å². The molecule has 4 heteroatoms. The fourth-order valence-electron chi connectivity index (χ4n) is 4.16. The van der Waals surface area contributed by atoms with Crippen LogP contribution in [0.5, 0.6) is 0 Å². The van der Waals surface area contributed by atoms with E-state index in [1.54, 1.807) is 0 Å². The molecule has 132 valence electrons. The van der Waals surface area contributed by atoms with Gasteiger partial charge in [-0.3, -0.25) is 9.69 Å². The first-order chi connectivity index (χ1) is 11.7. The molecule has 0 aromatic heterocycles. The number of carbonyl (C=O) groups excluding carboxylic acids is 1. The Balaban J connectivity index is 1.47. The summed E-state index contributed by atoms with van der Waals surface area (Å²) in [6.07, 6.45) is 8.33. The van der Waals surface area contributed by atoms with Crippen molar-refractivity contribution in [1.82, 2.24) is 10.2 Å². The van der Waals surface area contributed by atoms with Crippen molar-refractivity contribution >= 4 is 5.91 Å². The van der Waals surface area contributed by atoms with Crippen LogP contribution in [-0.2, 0) is 4.79 Å². The third kappa shape index (κ3) is 4.81. The van der Waals surface area contributed by atoms with Crippen molar-refractivity contribution in [1.29, 1.82) is 0 Å². The number of nitrogens with one attached hydrogen (secondary N) is 1. The number of carbonyl (C=O) groups is 1. The van der Waals surface area contributed by atoms with Gasteiger partial charge in [0.1, 0.15) is 0 Å². The molecule has 24 heavy (non-hydrogen) atoms. The summed E-state index contributed by atoms with van der Waals surface area (Å²) < 4.78 is 0. The average molecular weight is 330 g/mol. The summed E-state index contributed by atoms with van der Waals surface area (Å²) in [5.41, 5.74) is 0.806. The summed E-state index contributed by atoms with van der Waals surface area (Å²) in [6.45, 7) is 2.14. The maximum atomic E-state index is 12.3. The van der Waals surface area contributed by atoms with Crippen LogP contribution in [0.3, 0.4) is 0 Å². The molecule has 2 aliphatic rings.